The Hall–Kier alpha value is -1.66. The average molecular weight is 524 g/mol. The number of allylic oxidation sites excluding steroid dienone is 3. The molecule has 1 atom stereocenters. The number of fused-ring (bicyclic) bond motifs is 1. The number of rotatable bonds is 10. The molecule has 2 aromatic rings. The molecule has 0 spiro atoms. The van der Waals surface area contributed by atoms with Crippen LogP contribution in [0.25, 0.3) is 10.9 Å². The predicted molar refractivity (Wildman–Crippen MR) is 127 cm³/mol. The van der Waals surface area contributed by atoms with Gasteiger partial charge in [-0.3, -0.25) is 9.78 Å². The van der Waals surface area contributed by atoms with Gasteiger partial charge in [0.1, 0.15) is 5.52 Å². The van der Waals surface area contributed by atoms with Gasteiger partial charge in [-0.2, -0.15) is 0 Å². The Bertz CT molecular complexity index is 879. The summed E-state index contributed by atoms with van der Waals surface area (Å²) in [6.07, 6.45) is 12.0. The molecule has 0 aliphatic rings. The summed E-state index contributed by atoms with van der Waals surface area (Å²) in [6, 6.07) is 6.11. The van der Waals surface area contributed by atoms with Gasteiger partial charge in [-0.25, -0.2) is 0 Å². The molecule has 2 rings (SSSR count). The van der Waals surface area contributed by atoms with E-state index in [2.05, 4.69) is 62.1 Å². The van der Waals surface area contributed by atoms with E-state index in [1.54, 1.807) is 18.3 Å². The number of ether oxygens (including phenoxy) is 1. The maximum absolute atomic E-state index is 11.7. The minimum atomic E-state index is -0.0508. The molecule has 1 heterocycles. The molecule has 0 aliphatic heterocycles. The summed E-state index contributed by atoms with van der Waals surface area (Å²) in [6.45, 7) is 6.82. The van der Waals surface area contributed by atoms with Crippen molar-refractivity contribution in [2.24, 2.45) is 5.92 Å². The monoisotopic (exact) mass is 522 g/mol. The van der Waals surface area contributed by atoms with E-state index >= 15 is 0 Å². The van der Waals surface area contributed by atoms with E-state index in [4.69, 9.17) is 4.74 Å². The van der Waals surface area contributed by atoms with Gasteiger partial charge in [0.2, 0.25) is 5.91 Å². The summed E-state index contributed by atoms with van der Waals surface area (Å²) < 4.78 is 7.88. The van der Waals surface area contributed by atoms with Crippen molar-refractivity contribution >= 4 is 48.7 Å². The average Bonchev–Trinajstić information content (AvgIpc) is 2.68. The molecule has 0 saturated heterocycles. The van der Waals surface area contributed by atoms with Gasteiger partial charge in [0.25, 0.3) is 0 Å². The zero-order chi connectivity index (χ0) is 21.2. The lowest BCUT2D eigenvalue weighted by Gasteiger charge is -2.15. The summed E-state index contributed by atoms with van der Waals surface area (Å²) in [5, 5.41) is 3.98. The molecule has 0 saturated carbocycles. The van der Waals surface area contributed by atoms with Crippen molar-refractivity contribution in [3.05, 3.63) is 57.6 Å². The number of nitrogens with one attached hydrogen (secondary N) is 1. The lowest BCUT2D eigenvalue weighted by atomic mass is 10.1. The van der Waals surface area contributed by atoms with E-state index < -0.39 is 0 Å². The number of carbonyl (C=O) groups is 1. The van der Waals surface area contributed by atoms with Crippen LogP contribution in [0, 0.1) is 5.92 Å². The molecule has 1 unspecified atom stereocenters. The van der Waals surface area contributed by atoms with Crippen molar-refractivity contribution in [1.29, 1.82) is 0 Å². The van der Waals surface area contributed by atoms with Gasteiger partial charge in [0, 0.05) is 28.2 Å². The molecule has 0 aliphatic carbocycles. The number of carbonyl (C=O) groups excluding carboxylic acids is 1. The maximum Gasteiger partial charge on any atom is 0.244 e. The van der Waals surface area contributed by atoms with Crippen LogP contribution >= 0.6 is 31.9 Å². The predicted octanol–water partition coefficient (Wildman–Crippen LogP) is 6.58. The Labute approximate surface area is 190 Å². The lowest BCUT2D eigenvalue weighted by molar-refractivity contribution is -0.117. The quantitative estimate of drug-likeness (QED) is 0.217. The van der Waals surface area contributed by atoms with E-state index in [1.807, 2.05) is 31.2 Å². The van der Waals surface area contributed by atoms with Gasteiger partial charge in [0.05, 0.1) is 11.1 Å². The van der Waals surface area contributed by atoms with E-state index in [9.17, 15) is 4.79 Å². The van der Waals surface area contributed by atoms with Crippen LogP contribution in [0.15, 0.2) is 57.6 Å². The number of hydrogen-bond acceptors (Lipinski definition) is 3. The topological polar surface area (TPSA) is 51.2 Å². The first-order chi connectivity index (χ1) is 13.9. The maximum atomic E-state index is 11.7. The molecule has 29 heavy (non-hydrogen) atoms. The number of hydrogen-bond donors (Lipinski definition) is 1. The Morgan fingerprint density at radius 3 is 2.76 bits per heavy atom. The fourth-order valence-corrected chi connectivity index (χ4v) is 3.97. The number of aromatic nitrogens is 1. The second-order valence-electron chi connectivity index (χ2n) is 7.24. The van der Waals surface area contributed by atoms with Gasteiger partial charge >= 0.3 is 0 Å². The summed E-state index contributed by atoms with van der Waals surface area (Å²) in [4.78, 5) is 16.2. The molecule has 1 aromatic heterocycles. The first-order valence-electron chi connectivity index (χ1n) is 9.89. The fraction of sp³-hybridized carbons (Fsp3) is 0.391. The lowest BCUT2D eigenvalue weighted by Crippen LogP contribution is -2.34. The number of benzene rings is 1. The third kappa shape index (κ3) is 7.59. The first-order valence-corrected chi connectivity index (χ1v) is 11.5. The largest absolute Gasteiger partial charge is 0.490 e. The summed E-state index contributed by atoms with van der Waals surface area (Å²) in [5.41, 5.74) is 0.851. The van der Waals surface area contributed by atoms with Crippen LogP contribution in [-0.4, -0.2) is 23.5 Å². The van der Waals surface area contributed by atoms with Gasteiger partial charge in [0.15, 0.2) is 5.75 Å². The highest BCUT2D eigenvalue weighted by Crippen LogP contribution is 2.37. The molecule has 0 bridgehead atoms. The van der Waals surface area contributed by atoms with Gasteiger partial charge in [-0.05, 0) is 60.2 Å². The fourth-order valence-electron chi connectivity index (χ4n) is 2.58. The molecule has 6 heteroatoms. The summed E-state index contributed by atoms with van der Waals surface area (Å²) in [5.74, 6) is 1.16. The van der Waals surface area contributed by atoms with Crippen molar-refractivity contribution in [1.82, 2.24) is 10.3 Å². The molecular formula is C23H28Br2N2O2. The molecular weight excluding hydrogens is 496 g/mol. The smallest absolute Gasteiger partial charge is 0.244 e. The van der Waals surface area contributed by atoms with Gasteiger partial charge in [-0.1, -0.05) is 54.1 Å². The van der Waals surface area contributed by atoms with Gasteiger partial charge in [-0.15, -0.1) is 0 Å². The van der Waals surface area contributed by atoms with E-state index in [-0.39, 0.29) is 11.9 Å². The third-order valence-corrected chi connectivity index (χ3v) is 5.87. The minimum Gasteiger partial charge on any atom is -0.490 e. The zero-order valence-electron chi connectivity index (χ0n) is 17.1. The van der Waals surface area contributed by atoms with Crippen molar-refractivity contribution in [2.45, 2.75) is 46.1 Å². The number of unbranched alkanes of at least 4 members (excludes halogenated alkanes) is 2. The Balaban J connectivity index is 1.72. The second-order valence-corrected chi connectivity index (χ2v) is 8.95. The van der Waals surface area contributed by atoms with Crippen LogP contribution in [0.4, 0.5) is 0 Å². The molecule has 1 aromatic carbocycles. The second kappa shape index (κ2) is 12.1. The van der Waals surface area contributed by atoms with Crippen LogP contribution in [-0.2, 0) is 4.79 Å². The first kappa shape index (κ1) is 23.6. The molecule has 4 nitrogen and oxygen atoms in total. The van der Waals surface area contributed by atoms with Crippen LogP contribution in [0.3, 0.4) is 0 Å². The van der Waals surface area contributed by atoms with Crippen LogP contribution < -0.4 is 10.1 Å². The Morgan fingerprint density at radius 1 is 1.21 bits per heavy atom. The van der Waals surface area contributed by atoms with E-state index in [0.717, 1.165) is 44.9 Å². The van der Waals surface area contributed by atoms with Crippen LogP contribution in [0.1, 0.15) is 40.0 Å². The van der Waals surface area contributed by atoms with Crippen molar-refractivity contribution < 1.29 is 9.53 Å². The number of nitrogens with zero attached hydrogens (tertiary/aromatic N) is 1. The van der Waals surface area contributed by atoms with E-state index in [0.29, 0.717) is 12.5 Å². The zero-order valence-corrected chi connectivity index (χ0v) is 20.3. The summed E-state index contributed by atoms with van der Waals surface area (Å²) >= 11 is 7.14. The van der Waals surface area contributed by atoms with E-state index in [1.165, 1.54) is 0 Å². The number of halogens is 2. The van der Waals surface area contributed by atoms with Crippen LogP contribution in [0.5, 0.6) is 5.75 Å². The highest BCUT2D eigenvalue weighted by molar-refractivity contribution is 9.11. The highest BCUT2D eigenvalue weighted by Gasteiger charge is 2.11. The van der Waals surface area contributed by atoms with Crippen molar-refractivity contribution in [2.75, 3.05) is 6.61 Å². The number of amides is 1. The number of pyridine rings is 1. The Kier molecular flexibility index (Phi) is 9.88. The molecule has 0 fully saturated rings. The minimum absolute atomic E-state index is 0.0508. The van der Waals surface area contributed by atoms with Gasteiger partial charge < -0.3 is 10.1 Å². The molecule has 1 amide bonds. The molecule has 1 N–H and O–H groups in total. The molecule has 156 valence electrons. The Morgan fingerprint density at radius 2 is 2.00 bits per heavy atom. The third-order valence-electron chi connectivity index (χ3n) is 4.63. The highest BCUT2D eigenvalue weighted by atomic mass is 79.9. The molecule has 0 radical (unpaired) electrons. The van der Waals surface area contributed by atoms with Crippen molar-refractivity contribution in [3.63, 3.8) is 0 Å². The standard InChI is InChI=1S/C23H28Br2N2O2/c1-16(2)17(3)27-21(28)12-8-6-4-5-7-9-14-29-23-20(25)15-19(24)18-11-10-13-26-22(18)23/h4,6,8,10-13,15-17H,5,7,9,14H2,1-3H3,(H,27,28). The van der Waals surface area contributed by atoms with Crippen molar-refractivity contribution in [3.8, 4) is 5.75 Å². The normalized spacial score (nSPS) is 12.9. The SMILES string of the molecule is CC(C)C(C)NC(=O)C=CC=CCCCCOc1c(Br)cc(Br)c2cccnc12. The summed E-state index contributed by atoms with van der Waals surface area (Å²) in [7, 11) is 0. The van der Waals surface area contributed by atoms with Crippen LogP contribution in [0.2, 0.25) is 0 Å².